The zero-order valence-corrected chi connectivity index (χ0v) is 14.2. The maximum absolute atomic E-state index is 13.7. The molecule has 132 valence electrons. The van der Waals surface area contributed by atoms with Crippen molar-refractivity contribution in [2.45, 2.75) is 6.92 Å². The smallest absolute Gasteiger partial charge is 0.189 e. The molecule has 0 bridgehead atoms. The molecule has 0 aliphatic heterocycles. The summed E-state index contributed by atoms with van der Waals surface area (Å²) in [6.45, 7) is 1.75. The highest BCUT2D eigenvalue weighted by Gasteiger charge is 2.13. The minimum absolute atomic E-state index is 0.143. The molecule has 3 rings (SSSR count). The second kappa shape index (κ2) is 7.31. The van der Waals surface area contributed by atoms with Gasteiger partial charge in [0.2, 0.25) is 0 Å². The van der Waals surface area contributed by atoms with Crippen molar-refractivity contribution < 1.29 is 18.3 Å². The third kappa shape index (κ3) is 3.54. The van der Waals surface area contributed by atoms with Crippen molar-refractivity contribution in [1.82, 2.24) is 9.78 Å². The number of nitrogens with zero attached hydrogens (tertiary/aromatic N) is 2. The number of ether oxygens (including phenoxy) is 1. The van der Waals surface area contributed by atoms with Crippen LogP contribution < -0.4 is 4.74 Å². The van der Waals surface area contributed by atoms with Crippen LogP contribution in [0, 0.1) is 18.6 Å². The largest absolute Gasteiger partial charge is 0.494 e. The van der Waals surface area contributed by atoms with Crippen molar-refractivity contribution in [3.63, 3.8) is 0 Å². The summed E-state index contributed by atoms with van der Waals surface area (Å²) in [7, 11) is 1.39. The van der Waals surface area contributed by atoms with Crippen LogP contribution in [0.1, 0.15) is 21.6 Å². The molecule has 26 heavy (non-hydrogen) atoms. The fourth-order valence-electron chi connectivity index (χ4n) is 2.54. The van der Waals surface area contributed by atoms with Crippen LogP contribution in [0.15, 0.2) is 54.7 Å². The molecule has 0 aliphatic carbocycles. The Balaban J connectivity index is 1.82. The first-order chi connectivity index (χ1) is 12.5. The molecule has 0 spiro atoms. The van der Waals surface area contributed by atoms with Crippen LogP contribution in [0.25, 0.3) is 11.8 Å². The minimum atomic E-state index is -0.498. The fraction of sp³-hybridized carbons (Fsp3) is 0.100. The number of allylic oxidation sites excluding steroid dienone is 1. The molecule has 0 fully saturated rings. The summed E-state index contributed by atoms with van der Waals surface area (Å²) >= 11 is 0. The highest BCUT2D eigenvalue weighted by atomic mass is 19.1. The van der Waals surface area contributed by atoms with Gasteiger partial charge in [-0.3, -0.25) is 4.79 Å². The van der Waals surface area contributed by atoms with Crippen molar-refractivity contribution in [1.29, 1.82) is 0 Å². The van der Waals surface area contributed by atoms with E-state index in [4.69, 9.17) is 4.74 Å². The molecule has 0 unspecified atom stereocenters. The van der Waals surface area contributed by atoms with Crippen LogP contribution >= 0.6 is 0 Å². The number of rotatable bonds is 5. The molecule has 2 aromatic carbocycles. The van der Waals surface area contributed by atoms with Gasteiger partial charge in [-0.1, -0.05) is 12.1 Å². The van der Waals surface area contributed by atoms with E-state index in [1.165, 1.54) is 49.7 Å². The van der Waals surface area contributed by atoms with Gasteiger partial charge >= 0.3 is 0 Å². The van der Waals surface area contributed by atoms with Crippen molar-refractivity contribution in [3.8, 4) is 11.4 Å². The van der Waals surface area contributed by atoms with Crippen LogP contribution in [-0.4, -0.2) is 22.7 Å². The van der Waals surface area contributed by atoms with Gasteiger partial charge in [0, 0.05) is 0 Å². The van der Waals surface area contributed by atoms with Crippen LogP contribution in [0.5, 0.6) is 5.75 Å². The number of hydrogen-bond acceptors (Lipinski definition) is 3. The number of aromatic nitrogens is 2. The van der Waals surface area contributed by atoms with E-state index >= 15 is 0 Å². The number of hydrogen-bond donors (Lipinski definition) is 0. The number of ketones is 1. The van der Waals surface area contributed by atoms with Crippen molar-refractivity contribution in [3.05, 3.63) is 83.2 Å². The summed E-state index contributed by atoms with van der Waals surface area (Å²) < 4.78 is 33.2. The van der Waals surface area contributed by atoms with Crippen molar-refractivity contribution in [2.24, 2.45) is 0 Å². The summed E-state index contributed by atoms with van der Waals surface area (Å²) in [5.74, 6) is -0.955. The molecule has 1 aromatic heterocycles. The molecule has 3 aromatic rings. The van der Waals surface area contributed by atoms with Gasteiger partial charge < -0.3 is 4.74 Å². The average molecular weight is 354 g/mol. The lowest BCUT2D eigenvalue weighted by molar-refractivity contribution is 0.104. The Hall–Kier alpha value is -3.28. The van der Waals surface area contributed by atoms with Gasteiger partial charge in [0.25, 0.3) is 0 Å². The van der Waals surface area contributed by atoms with Crippen LogP contribution in [0.2, 0.25) is 0 Å². The maximum atomic E-state index is 13.7. The first-order valence-corrected chi connectivity index (χ1v) is 7.86. The Morgan fingerprint density at radius 1 is 1.15 bits per heavy atom. The molecule has 0 radical (unpaired) electrons. The van der Waals surface area contributed by atoms with Gasteiger partial charge in [-0.2, -0.15) is 5.10 Å². The van der Waals surface area contributed by atoms with Crippen LogP contribution in [0.3, 0.4) is 0 Å². The average Bonchev–Trinajstić information content (AvgIpc) is 3.02. The monoisotopic (exact) mass is 354 g/mol. The predicted octanol–water partition coefficient (Wildman–Crippen LogP) is 4.36. The number of carbonyl (C=O) groups is 1. The normalized spacial score (nSPS) is 11.1. The summed E-state index contributed by atoms with van der Waals surface area (Å²) in [5.41, 5.74) is 2.25. The Kier molecular flexibility index (Phi) is 4.93. The second-order valence-corrected chi connectivity index (χ2v) is 5.62. The Morgan fingerprint density at radius 2 is 1.88 bits per heavy atom. The lowest BCUT2D eigenvalue weighted by atomic mass is 10.1. The van der Waals surface area contributed by atoms with E-state index < -0.39 is 5.82 Å². The van der Waals surface area contributed by atoms with Crippen LogP contribution in [-0.2, 0) is 0 Å². The summed E-state index contributed by atoms with van der Waals surface area (Å²) in [4.78, 5) is 12.4. The van der Waals surface area contributed by atoms with Gasteiger partial charge in [0.1, 0.15) is 5.82 Å². The molecule has 4 nitrogen and oxygen atoms in total. The summed E-state index contributed by atoms with van der Waals surface area (Å²) in [6, 6.07) is 10.3. The van der Waals surface area contributed by atoms with E-state index in [9.17, 15) is 13.6 Å². The summed E-state index contributed by atoms with van der Waals surface area (Å²) in [6.07, 6.45) is 4.35. The molecule has 0 saturated carbocycles. The van der Waals surface area contributed by atoms with E-state index in [1.807, 2.05) is 0 Å². The van der Waals surface area contributed by atoms with Gasteiger partial charge in [0.05, 0.1) is 30.3 Å². The molecule has 0 N–H and O–H groups in total. The lowest BCUT2D eigenvalue weighted by Crippen LogP contribution is -2.01. The van der Waals surface area contributed by atoms with E-state index in [-0.39, 0.29) is 17.3 Å². The van der Waals surface area contributed by atoms with E-state index in [0.717, 1.165) is 0 Å². The van der Waals surface area contributed by atoms with Crippen molar-refractivity contribution >= 4 is 11.9 Å². The zero-order valence-electron chi connectivity index (χ0n) is 14.2. The molecule has 0 saturated heterocycles. The van der Waals surface area contributed by atoms with Crippen molar-refractivity contribution in [2.75, 3.05) is 7.11 Å². The Morgan fingerprint density at radius 3 is 2.54 bits per heavy atom. The maximum Gasteiger partial charge on any atom is 0.189 e. The number of methoxy groups -OCH3 is 1. The quantitative estimate of drug-likeness (QED) is 0.505. The second-order valence-electron chi connectivity index (χ2n) is 5.62. The molecular formula is C20H16F2N2O2. The highest BCUT2D eigenvalue weighted by molar-refractivity contribution is 6.07. The molecule has 6 heteroatoms. The van der Waals surface area contributed by atoms with Crippen LogP contribution in [0.4, 0.5) is 8.78 Å². The van der Waals surface area contributed by atoms with E-state index in [0.29, 0.717) is 22.5 Å². The molecule has 1 heterocycles. The molecule has 0 amide bonds. The SMILES string of the molecule is COc1ccc(/C=C/C(=O)c2cnn(-c3ccc(F)cc3)c2C)cc1F. The minimum Gasteiger partial charge on any atom is -0.494 e. The summed E-state index contributed by atoms with van der Waals surface area (Å²) in [5, 5.41) is 4.19. The third-order valence-corrected chi connectivity index (χ3v) is 3.95. The van der Waals surface area contributed by atoms with Gasteiger partial charge in [0.15, 0.2) is 17.3 Å². The van der Waals surface area contributed by atoms with Gasteiger partial charge in [-0.05, 0) is 55.0 Å². The number of carbonyl (C=O) groups excluding carboxylic acids is 1. The van der Waals surface area contributed by atoms with Gasteiger partial charge in [-0.15, -0.1) is 0 Å². The lowest BCUT2D eigenvalue weighted by Gasteiger charge is -2.04. The Bertz CT molecular complexity index is 976. The number of halogens is 2. The topological polar surface area (TPSA) is 44.1 Å². The molecule has 0 aliphatic rings. The zero-order chi connectivity index (χ0) is 18.7. The standard InChI is InChI=1S/C20H16F2N2O2/c1-13-17(12-23-24(13)16-7-5-15(21)6-8-16)19(25)9-3-14-4-10-20(26-2)18(22)11-14/h3-12H,1-2H3/b9-3+. The Labute approximate surface area is 149 Å². The molecular weight excluding hydrogens is 338 g/mol. The van der Waals surface area contributed by atoms with Gasteiger partial charge in [-0.25, -0.2) is 13.5 Å². The highest BCUT2D eigenvalue weighted by Crippen LogP contribution is 2.19. The van der Waals surface area contributed by atoms with E-state index in [2.05, 4.69) is 5.10 Å². The number of benzene rings is 2. The van der Waals surface area contributed by atoms with E-state index in [1.54, 1.807) is 29.8 Å². The fourth-order valence-corrected chi connectivity index (χ4v) is 2.54. The predicted molar refractivity (Wildman–Crippen MR) is 94.6 cm³/mol. The third-order valence-electron chi connectivity index (χ3n) is 3.95. The molecule has 0 atom stereocenters. The first kappa shape index (κ1) is 17.5. The first-order valence-electron chi connectivity index (χ1n) is 7.86.